The second-order valence-corrected chi connectivity index (χ2v) is 5.48. The summed E-state index contributed by atoms with van der Waals surface area (Å²) in [5.74, 6) is 0. The largest absolute Gasteiger partial charge is 0.309 e. The molecule has 1 heteroatoms. The Kier molecular flexibility index (Phi) is 2.10. The number of fused-ring (bicyclic) bond motifs is 1. The van der Waals surface area contributed by atoms with Crippen LogP contribution >= 0.6 is 0 Å². The molecule has 80 valence electrons. The molecule has 1 unspecified atom stereocenters. The molecule has 0 aromatic heterocycles. The summed E-state index contributed by atoms with van der Waals surface area (Å²) in [6.45, 7) is 3.59. The Balaban J connectivity index is 1.68. The Morgan fingerprint density at radius 3 is 2.93 bits per heavy atom. The minimum Gasteiger partial charge on any atom is -0.309 e. The predicted molar refractivity (Wildman–Crippen MR) is 62.8 cm³/mol. The third-order valence-electron chi connectivity index (χ3n) is 4.01. The molecule has 1 fully saturated rings. The summed E-state index contributed by atoms with van der Waals surface area (Å²) in [4.78, 5) is 0. The van der Waals surface area contributed by atoms with Crippen LogP contribution in [0.15, 0.2) is 24.3 Å². The topological polar surface area (TPSA) is 12.0 Å². The van der Waals surface area contributed by atoms with Crippen LogP contribution in [0.2, 0.25) is 0 Å². The number of nitrogens with one attached hydrogen (secondary N) is 1. The van der Waals surface area contributed by atoms with Gasteiger partial charge >= 0.3 is 0 Å². The average molecular weight is 201 g/mol. The van der Waals surface area contributed by atoms with E-state index in [4.69, 9.17) is 0 Å². The van der Waals surface area contributed by atoms with Crippen LogP contribution in [-0.2, 0) is 6.42 Å². The molecule has 0 saturated heterocycles. The van der Waals surface area contributed by atoms with Crippen molar-refractivity contribution in [2.45, 2.75) is 38.6 Å². The molecule has 2 aliphatic rings. The van der Waals surface area contributed by atoms with Crippen molar-refractivity contribution in [3.05, 3.63) is 35.4 Å². The first-order valence-corrected chi connectivity index (χ1v) is 6.08. The van der Waals surface area contributed by atoms with Crippen LogP contribution in [0.1, 0.15) is 43.4 Å². The maximum Gasteiger partial charge on any atom is 0.0326 e. The maximum atomic E-state index is 3.74. The lowest BCUT2D eigenvalue weighted by molar-refractivity contribution is 0.439. The summed E-state index contributed by atoms with van der Waals surface area (Å²) in [6, 6.07) is 9.50. The van der Waals surface area contributed by atoms with Crippen LogP contribution in [0.3, 0.4) is 0 Å². The van der Waals surface area contributed by atoms with E-state index in [1.54, 1.807) is 11.1 Å². The van der Waals surface area contributed by atoms with E-state index in [-0.39, 0.29) is 0 Å². The Bertz CT molecular complexity index is 365. The highest BCUT2D eigenvalue weighted by atomic mass is 14.9. The summed E-state index contributed by atoms with van der Waals surface area (Å²) in [5, 5.41) is 3.74. The summed E-state index contributed by atoms with van der Waals surface area (Å²) < 4.78 is 0. The van der Waals surface area contributed by atoms with Gasteiger partial charge in [0.15, 0.2) is 0 Å². The van der Waals surface area contributed by atoms with Crippen molar-refractivity contribution in [2.75, 3.05) is 6.54 Å². The fraction of sp³-hybridized carbons (Fsp3) is 0.571. The second-order valence-electron chi connectivity index (χ2n) is 5.48. The summed E-state index contributed by atoms with van der Waals surface area (Å²) >= 11 is 0. The molecule has 2 aliphatic carbocycles. The first kappa shape index (κ1) is 9.41. The first-order chi connectivity index (χ1) is 7.27. The van der Waals surface area contributed by atoms with Crippen LogP contribution in [-0.4, -0.2) is 6.54 Å². The van der Waals surface area contributed by atoms with E-state index in [0.717, 1.165) is 0 Å². The van der Waals surface area contributed by atoms with Gasteiger partial charge in [-0.25, -0.2) is 0 Å². The number of hydrogen-bond acceptors (Lipinski definition) is 1. The molecule has 1 saturated carbocycles. The molecule has 1 N–H and O–H groups in total. The monoisotopic (exact) mass is 201 g/mol. The molecular formula is C14H19N. The fourth-order valence-corrected chi connectivity index (χ4v) is 2.53. The fourth-order valence-electron chi connectivity index (χ4n) is 2.53. The summed E-state index contributed by atoms with van der Waals surface area (Å²) in [6.07, 6.45) is 5.36. The smallest absolute Gasteiger partial charge is 0.0326 e. The van der Waals surface area contributed by atoms with Crippen molar-refractivity contribution in [1.29, 1.82) is 0 Å². The SMILES string of the molecule is CC1(CNC2CCc3ccccc32)CC1. The van der Waals surface area contributed by atoms with Gasteiger partial charge in [-0.15, -0.1) is 0 Å². The lowest BCUT2D eigenvalue weighted by atomic mass is 10.1. The lowest BCUT2D eigenvalue weighted by Crippen LogP contribution is -2.25. The lowest BCUT2D eigenvalue weighted by Gasteiger charge is -2.17. The van der Waals surface area contributed by atoms with Crippen LogP contribution in [0.4, 0.5) is 0 Å². The van der Waals surface area contributed by atoms with Gasteiger partial charge in [-0.1, -0.05) is 31.2 Å². The van der Waals surface area contributed by atoms with Gasteiger partial charge in [0.25, 0.3) is 0 Å². The molecular weight excluding hydrogens is 182 g/mol. The van der Waals surface area contributed by atoms with Crippen molar-refractivity contribution in [2.24, 2.45) is 5.41 Å². The third-order valence-corrected chi connectivity index (χ3v) is 4.01. The van der Waals surface area contributed by atoms with Gasteiger partial charge in [0, 0.05) is 12.6 Å². The van der Waals surface area contributed by atoms with Crippen molar-refractivity contribution in [1.82, 2.24) is 5.32 Å². The van der Waals surface area contributed by atoms with Crippen LogP contribution in [0.5, 0.6) is 0 Å². The van der Waals surface area contributed by atoms with Gasteiger partial charge in [0.2, 0.25) is 0 Å². The first-order valence-electron chi connectivity index (χ1n) is 6.08. The molecule has 0 amide bonds. The Morgan fingerprint density at radius 1 is 1.33 bits per heavy atom. The minimum absolute atomic E-state index is 0.623. The normalized spacial score (nSPS) is 26.3. The van der Waals surface area contributed by atoms with Crippen LogP contribution < -0.4 is 5.32 Å². The van der Waals surface area contributed by atoms with Gasteiger partial charge in [-0.05, 0) is 42.2 Å². The number of rotatable bonds is 3. The highest BCUT2D eigenvalue weighted by Gasteiger charge is 2.37. The van der Waals surface area contributed by atoms with Gasteiger partial charge < -0.3 is 5.32 Å². The molecule has 1 aromatic carbocycles. The standard InChI is InChI=1S/C14H19N/c1-14(8-9-14)10-15-13-7-6-11-4-2-3-5-12(11)13/h2-5,13,15H,6-10H2,1H3. The van der Waals surface area contributed by atoms with Gasteiger partial charge in [0.05, 0.1) is 0 Å². The second kappa shape index (κ2) is 3.34. The molecule has 0 bridgehead atoms. The number of hydrogen-bond donors (Lipinski definition) is 1. The van der Waals surface area contributed by atoms with Gasteiger partial charge in [0.1, 0.15) is 0 Å². The van der Waals surface area contributed by atoms with Crippen molar-refractivity contribution < 1.29 is 0 Å². The molecule has 1 atom stereocenters. The number of aryl methyl sites for hydroxylation is 1. The van der Waals surface area contributed by atoms with E-state index in [0.29, 0.717) is 11.5 Å². The van der Waals surface area contributed by atoms with Crippen LogP contribution in [0.25, 0.3) is 0 Å². The molecule has 0 aliphatic heterocycles. The van der Waals surface area contributed by atoms with Crippen molar-refractivity contribution >= 4 is 0 Å². The Morgan fingerprint density at radius 2 is 2.13 bits per heavy atom. The Hall–Kier alpha value is -0.820. The third kappa shape index (κ3) is 1.81. The Labute approximate surface area is 91.9 Å². The molecule has 1 aromatic rings. The molecule has 15 heavy (non-hydrogen) atoms. The van der Waals surface area contributed by atoms with Crippen LogP contribution in [0, 0.1) is 5.41 Å². The van der Waals surface area contributed by atoms with E-state index < -0.39 is 0 Å². The maximum absolute atomic E-state index is 3.74. The summed E-state index contributed by atoms with van der Waals surface area (Å²) in [7, 11) is 0. The number of benzene rings is 1. The van der Waals surface area contributed by atoms with E-state index >= 15 is 0 Å². The van der Waals surface area contributed by atoms with Crippen molar-refractivity contribution in [3.8, 4) is 0 Å². The van der Waals surface area contributed by atoms with E-state index in [9.17, 15) is 0 Å². The average Bonchev–Trinajstić information content (AvgIpc) is 2.86. The van der Waals surface area contributed by atoms with E-state index in [1.165, 1.54) is 32.2 Å². The molecule has 0 spiro atoms. The zero-order valence-electron chi connectivity index (χ0n) is 9.42. The molecule has 0 radical (unpaired) electrons. The zero-order chi connectivity index (χ0) is 10.3. The van der Waals surface area contributed by atoms with Crippen molar-refractivity contribution in [3.63, 3.8) is 0 Å². The highest BCUT2D eigenvalue weighted by molar-refractivity contribution is 5.34. The van der Waals surface area contributed by atoms with Gasteiger partial charge in [-0.2, -0.15) is 0 Å². The van der Waals surface area contributed by atoms with E-state index in [1.807, 2.05) is 0 Å². The molecule has 0 heterocycles. The highest BCUT2D eigenvalue weighted by Crippen LogP contribution is 2.45. The summed E-state index contributed by atoms with van der Waals surface area (Å²) in [5.41, 5.74) is 3.72. The van der Waals surface area contributed by atoms with E-state index in [2.05, 4.69) is 36.5 Å². The quantitative estimate of drug-likeness (QED) is 0.792. The zero-order valence-corrected chi connectivity index (χ0v) is 9.42. The molecule has 1 nitrogen and oxygen atoms in total. The predicted octanol–water partition coefficient (Wildman–Crippen LogP) is 3.06. The molecule has 3 rings (SSSR count). The van der Waals surface area contributed by atoms with Gasteiger partial charge in [-0.3, -0.25) is 0 Å². The minimum atomic E-state index is 0.623.